The molecule has 0 aliphatic carbocycles. The molecular formula is C25H22F3N3O4. The summed E-state index contributed by atoms with van der Waals surface area (Å²) in [7, 11) is 1.42. The van der Waals surface area contributed by atoms with E-state index >= 15 is 0 Å². The molecule has 0 saturated carbocycles. The number of nitrogens with zero attached hydrogens (tertiary/aromatic N) is 3. The number of fused-ring (bicyclic) bond motifs is 1. The highest BCUT2D eigenvalue weighted by atomic mass is 19.4. The van der Waals surface area contributed by atoms with Crippen molar-refractivity contribution in [1.82, 2.24) is 14.5 Å². The first kappa shape index (κ1) is 24.2. The number of alkyl halides is 3. The molecule has 7 nitrogen and oxygen atoms in total. The number of pyridine rings is 1. The maximum Gasteiger partial charge on any atom is 0.425 e. The Balaban J connectivity index is 1.69. The third-order valence-corrected chi connectivity index (χ3v) is 5.22. The molecule has 2 heterocycles. The van der Waals surface area contributed by atoms with Crippen LogP contribution >= 0.6 is 0 Å². The molecule has 4 rings (SSSR count). The van der Waals surface area contributed by atoms with Crippen LogP contribution in [0.25, 0.3) is 10.9 Å². The van der Waals surface area contributed by atoms with Crippen molar-refractivity contribution in [3.05, 3.63) is 88.1 Å². The number of aryl methyl sites for hydroxylation is 1. The topological polar surface area (TPSA) is 75.5 Å². The van der Waals surface area contributed by atoms with Gasteiger partial charge in [-0.3, -0.25) is 4.79 Å². The quantitative estimate of drug-likeness (QED) is 0.328. The minimum Gasteiger partial charge on any atom is -0.490 e. The molecule has 0 N–H and O–H groups in total. The van der Waals surface area contributed by atoms with Crippen LogP contribution < -0.4 is 15.0 Å². The van der Waals surface area contributed by atoms with Gasteiger partial charge >= 0.3 is 6.18 Å². The Bertz CT molecular complexity index is 1390. The molecule has 0 fully saturated rings. The highest BCUT2D eigenvalue weighted by Gasteiger charge is 2.39. The van der Waals surface area contributed by atoms with E-state index in [9.17, 15) is 18.0 Å². The van der Waals surface area contributed by atoms with Crippen molar-refractivity contribution >= 4 is 10.9 Å². The number of hydrogen-bond acceptors (Lipinski definition) is 6. The van der Waals surface area contributed by atoms with Gasteiger partial charge in [0.25, 0.3) is 5.56 Å². The fraction of sp³-hybridized carbons (Fsp3) is 0.240. The van der Waals surface area contributed by atoms with Crippen LogP contribution in [-0.2, 0) is 17.5 Å². The van der Waals surface area contributed by atoms with Crippen molar-refractivity contribution in [3.63, 3.8) is 0 Å². The lowest BCUT2D eigenvalue weighted by Gasteiger charge is -2.17. The van der Waals surface area contributed by atoms with Gasteiger partial charge in [0.15, 0.2) is 5.56 Å². The maximum atomic E-state index is 13.8. The second-order valence-electron chi connectivity index (χ2n) is 7.77. The van der Waals surface area contributed by atoms with E-state index < -0.39 is 28.9 Å². The molecule has 182 valence electrons. The number of hydrogen-bond donors (Lipinski definition) is 0. The number of benzene rings is 2. The first-order valence-electron chi connectivity index (χ1n) is 10.7. The monoisotopic (exact) mass is 485 g/mol. The standard InChI is InChI=1S/C25H22F3N3O4/c1-16-3-5-17(6-4-16)14-31-15-30-23(32)19-13-18(7-8-20(19)31)35-24-22(25(26,27)28)21(9-10-29-24)34-12-11-33-2/h3-10,13,15H,11-12,14H2,1-2H3. The third kappa shape index (κ3) is 5.60. The summed E-state index contributed by atoms with van der Waals surface area (Å²) in [6, 6.07) is 13.5. The molecule has 0 aliphatic rings. The summed E-state index contributed by atoms with van der Waals surface area (Å²) in [6.07, 6.45) is -2.19. The van der Waals surface area contributed by atoms with Gasteiger partial charge in [0.05, 0.1) is 23.8 Å². The Morgan fingerprint density at radius 3 is 2.49 bits per heavy atom. The van der Waals surface area contributed by atoms with E-state index in [1.54, 1.807) is 10.6 Å². The van der Waals surface area contributed by atoms with Gasteiger partial charge in [0.2, 0.25) is 5.88 Å². The Hall–Kier alpha value is -3.92. The van der Waals surface area contributed by atoms with Gasteiger partial charge in [0, 0.05) is 19.9 Å². The smallest absolute Gasteiger partial charge is 0.425 e. The van der Waals surface area contributed by atoms with Gasteiger partial charge in [-0.2, -0.15) is 18.2 Å². The van der Waals surface area contributed by atoms with Gasteiger partial charge in [-0.05, 0) is 36.8 Å². The van der Waals surface area contributed by atoms with Gasteiger partial charge in [-0.15, -0.1) is 0 Å². The van der Waals surface area contributed by atoms with E-state index in [1.165, 1.54) is 25.6 Å². The predicted octanol–water partition coefficient (Wildman–Crippen LogP) is 4.98. The summed E-state index contributed by atoms with van der Waals surface area (Å²) >= 11 is 0. The summed E-state index contributed by atoms with van der Waals surface area (Å²) in [6.45, 7) is 2.49. The lowest BCUT2D eigenvalue weighted by atomic mass is 10.1. The summed E-state index contributed by atoms with van der Waals surface area (Å²) in [5.41, 5.74) is 1.02. The molecule has 0 saturated heterocycles. The van der Waals surface area contributed by atoms with Crippen LogP contribution in [0.15, 0.2) is 65.8 Å². The molecule has 0 radical (unpaired) electrons. The highest BCUT2D eigenvalue weighted by Crippen LogP contribution is 2.42. The highest BCUT2D eigenvalue weighted by molar-refractivity contribution is 5.79. The van der Waals surface area contributed by atoms with Crippen molar-refractivity contribution in [1.29, 1.82) is 0 Å². The molecule has 0 spiro atoms. The van der Waals surface area contributed by atoms with Crippen molar-refractivity contribution in [2.75, 3.05) is 20.3 Å². The SMILES string of the molecule is COCCOc1ccnc(Oc2ccc3c(c2)c(=O)ncn3Cc2ccc(C)cc2)c1C(F)(F)F. The first-order valence-corrected chi connectivity index (χ1v) is 10.7. The fourth-order valence-electron chi connectivity index (χ4n) is 3.50. The lowest BCUT2D eigenvalue weighted by molar-refractivity contribution is -0.140. The molecule has 0 atom stereocenters. The van der Waals surface area contributed by atoms with E-state index in [-0.39, 0.29) is 24.3 Å². The zero-order valence-electron chi connectivity index (χ0n) is 19.0. The largest absolute Gasteiger partial charge is 0.490 e. The van der Waals surface area contributed by atoms with Crippen molar-refractivity contribution in [2.24, 2.45) is 0 Å². The lowest BCUT2D eigenvalue weighted by Crippen LogP contribution is -2.14. The second-order valence-corrected chi connectivity index (χ2v) is 7.77. The van der Waals surface area contributed by atoms with Crippen LogP contribution in [-0.4, -0.2) is 34.9 Å². The van der Waals surface area contributed by atoms with E-state index in [1.807, 2.05) is 31.2 Å². The van der Waals surface area contributed by atoms with Crippen molar-refractivity contribution in [2.45, 2.75) is 19.6 Å². The average molecular weight is 485 g/mol. The number of rotatable bonds is 8. The molecule has 35 heavy (non-hydrogen) atoms. The second kappa shape index (κ2) is 10.1. The maximum absolute atomic E-state index is 13.8. The Morgan fingerprint density at radius 2 is 1.77 bits per heavy atom. The van der Waals surface area contributed by atoms with E-state index in [0.717, 1.165) is 23.4 Å². The normalized spacial score (nSPS) is 11.6. The van der Waals surface area contributed by atoms with Crippen LogP contribution in [0.2, 0.25) is 0 Å². The molecule has 0 amide bonds. The van der Waals surface area contributed by atoms with Crippen molar-refractivity contribution < 1.29 is 27.4 Å². The summed E-state index contributed by atoms with van der Waals surface area (Å²) in [5.74, 6) is -1.10. The summed E-state index contributed by atoms with van der Waals surface area (Å²) < 4.78 is 58.8. The molecule has 2 aromatic heterocycles. The molecule has 2 aromatic carbocycles. The molecule has 0 unspecified atom stereocenters. The minimum absolute atomic E-state index is 0.0107. The summed E-state index contributed by atoms with van der Waals surface area (Å²) in [5, 5.41) is 0.207. The van der Waals surface area contributed by atoms with Crippen molar-refractivity contribution in [3.8, 4) is 17.4 Å². The molecule has 10 heteroatoms. The number of ether oxygens (including phenoxy) is 3. The van der Waals surface area contributed by atoms with Crippen LogP contribution in [0.3, 0.4) is 0 Å². The van der Waals surface area contributed by atoms with Gasteiger partial charge in [0.1, 0.15) is 18.1 Å². The third-order valence-electron chi connectivity index (χ3n) is 5.22. The minimum atomic E-state index is -4.79. The van der Waals surface area contributed by atoms with Crippen LogP contribution in [0.5, 0.6) is 17.4 Å². The number of halogens is 3. The molecule has 4 aromatic rings. The zero-order valence-corrected chi connectivity index (χ0v) is 19.0. The van der Waals surface area contributed by atoms with Gasteiger partial charge < -0.3 is 18.8 Å². The van der Waals surface area contributed by atoms with Crippen LogP contribution in [0.1, 0.15) is 16.7 Å². The zero-order chi connectivity index (χ0) is 25.0. The Labute approximate surface area is 198 Å². The molecule has 0 bridgehead atoms. The van der Waals surface area contributed by atoms with E-state index in [2.05, 4.69) is 9.97 Å². The fourth-order valence-corrected chi connectivity index (χ4v) is 3.50. The van der Waals surface area contributed by atoms with Gasteiger partial charge in [-0.1, -0.05) is 29.8 Å². The predicted molar refractivity (Wildman–Crippen MR) is 123 cm³/mol. The van der Waals surface area contributed by atoms with E-state index in [0.29, 0.717) is 12.1 Å². The average Bonchev–Trinajstić information content (AvgIpc) is 2.82. The molecular weight excluding hydrogens is 463 g/mol. The number of aromatic nitrogens is 3. The Morgan fingerprint density at radius 1 is 1.00 bits per heavy atom. The molecule has 0 aliphatic heterocycles. The number of methoxy groups -OCH3 is 1. The summed E-state index contributed by atoms with van der Waals surface area (Å²) in [4.78, 5) is 20.1. The van der Waals surface area contributed by atoms with Gasteiger partial charge in [-0.25, -0.2) is 4.98 Å². The van der Waals surface area contributed by atoms with E-state index in [4.69, 9.17) is 14.2 Å². The van der Waals surface area contributed by atoms with Crippen LogP contribution in [0.4, 0.5) is 13.2 Å². The first-order chi connectivity index (χ1) is 16.8. The van der Waals surface area contributed by atoms with Crippen LogP contribution in [0, 0.1) is 6.92 Å². The Kier molecular flexibility index (Phi) is 7.02.